The maximum Gasteiger partial charge on any atom is 0.210 e. The number of benzene rings is 2. The summed E-state index contributed by atoms with van der Waals surface area (Å²) in [5.41, 5.74) is 2.35. The number of rotatable bonds is 10. The largest absolute Gasteiger partial charge is 0.494 e. The molecule has 142 valence electrons. The van der Waals surface area contributed by atoms with E-state index in [0.717, 1.165) is 38.8 Å². The van der Waals surface area contributed by atoms with Crippen molar-refractivity contribution in [1.82, 2.24) is 10.2 Å². The Kier molecular flexibility index (Phi) is 7.36. The van der Waals surface area contributed by atoms with Crippen LogP contribution in [0.4, 0.5) is 10.8 Å². The van der Waals surface area contributed by atoms with Crippen LogP contribution >= 0.6 is 23.1 Å². The Labute approximate surface area is 168 Å². The van der Waals surface area contributed by atoms with Gasteiger partial charge in [0.05, 0.1) is 13.2 Å². The van der Waals surface area contributed by atoms with Crippen LogP contribution in [0.25, 0.3) is 0 Å². The summed E-state index contributed by atoms with van der Waals surface area (Å²) in [7, 11) is 0. The van der Waals surface area contributed by atoms with Crippen LogP contribution in [-0.4, -0.2) is 29.2 Å². The number of hydrogen-bond donors (Lipinski definition) is 1. The Hall–Kier alpha value is -2.25. The molecule has 1 heterocycles. The number of hydrogen-bond acceptors (Lipinski definition) is 7. The van der Waals surface area contributed by atoms with Crippen LogP contribution in [-0.2, 0) is 6.42 Å². The Morgan fingerprint density at radius 1 is 0.926 bits per heavy atom. The third-order valence-corrected chi connectivity index (χ3v) is 5.67. The fourth-order valence-electron chi connectivity index (χ4n) is 2.35. The molecule has 0 atom stereocenters. The van der Waals surface area contributed by atoms with E-state index in [2.05, 4.69) is 46.7 Å². The molecule has 1 aromatic heterocycles. The molecule has 0 radical (unpaired) electrons. The Morgan fingerprint density at radius 2 is 1.63 bits per heavy atom. The van der Waals surface area contributed by atoms with Crippen molar-refractivity contribution in [3.05, 3.63) is 54.1 Å². The number of aryl methyl sites for hydroxylation is 1. The van der Waals surface area contributed by atoms with Crippen molar-refractivity contribution in [2.45, 2.75) is 24.6 Å². The number of ether oxygens (including phenoxy) is 2. The van der Waals surface area contributed by atoms with Crippen molar-refractivity contribution in [2.75, 3.05) is 24.3 Å². The summed E-state index contributed by atoms with van der Waals surface area (Å²) in [6.07, 6.45) is 1.04. The summed E-state index contributed by atoms with van der Waals surface area (Å²) in [6, 6.07) is 16.1. The average molecular weight is 402 g/mol. The van der Waals surface area contributed by atoms with Crippen molar-refractivity contribution in [3.8, 4) is 11.5 Å². The molecular formula is C20H23N3O2S2. The Balaban J connectivity index is 1.41. The zero-order valence-corrected chi connectivity index (χ0v) is 17.1. The molecule has 0 fully saturated rings. The van der Waals surface area contributed by atoms with E-state index in [1.165, 1.54) is 5.56 Å². The van der Waals surface area contributed by atoms with Crippen molar-refractivity contribution < 1.29 is 9.47 Å². The van der Waals surface area contributed by atoms with Gasteiger partial charge in [0.15, 0.2) is 4.34 Å². The molecule has 0 saturated heterocycles. The normalized spacial score (nSPS) is 10.6. The molecule has 0 aliphatic carbocycles. The highest BCUT2D eigenvalue weighted by Gasteiger charge is 2.05. The molecule has 0 spiro atoms. The minimum absolute atomic E-state index is 0.611. The van der Waals surface area contributed by atoms with E-state index in [-0.39, 0.29) is 0 Å². The smallest absolute Gasteiger partial charge is 0.210 e. The number of thioether (sulfide) groups is 1. The standard InChI is InChI=1S/C20H23N3O2S2/c1-3-15-5-7-16(8-6-15)21-19-22-23-20(27-19)26-14-13-25-18-11-9-17(10-12-18)24-4-2/h5-12H,3-4,13-14H2,1-2H3,(H,21,22). The molecule has 0 aliphatic heterocycles. The fourth-order valence-corrected chi connectivity index (χ4v) is 4.01. The van der Waals surface area contributed by atoms with E-state index in [4.69, 9.17) is 9.47 Å². The Bertz CT molecular complexity index is 820. The topological polar surface area (TPSA) is 56.3 Å². The van der Waals surface area contributed by atoms with Gasteiger partial charge in [0.25, 0.3) is 0 Å². The predicted octanol–water partition coefficient (Wildman–Crippen LogP) is 5.41. The van der Waals surface area contributed by atoms with E-state index < -0.39 is 0 Å². The van der Waals surface area contributed by atoms with Gasteiger partial charge in [-0.1, -0.05) is 42.2 Å². The van der Waals surface area contributed by atoms with Gasteiger partial charge in [0.1, 0.15) is 11.5 Å². The Morgan fingerprint density at radius 3 is 2.30 bits per heavy atom. The van der Waals surface area contributed by atoms with Crippen LogP contribution in [0.15, 0.2) is 52.9 Å². The summed E-state index contributed by atoms with van der Waals surface area (Å²) in [6.45, 7) is 5.40. The molecule has 0 aliphatic rings. The highest BCUT2D eigenvalue weighted by Crippen LogP contribution is 2.28. The second kappa shape index (κ2) is 10.2. The van der Waals surface area contributed by atoms with E-state index in [1.807, 2.05) is 31.2 Å². The highest BCUT2D eigenvalue weighted by atomic mass is 32.2. The molecule has 2 aromatic carbocycles. The van der Waals surface area contributed by atoms with Crippen molar-refractivity contribution in [2.24, 2.45) is 0 Å². The van der Waals surface area contributed by atoms with Gasteiger partial charge in [0.2, 0.25) is 5.13 Å². The molecule has 1 N–H and O–H groups in total. The van der Waals surface area contributed by atoms with E-state index in [0.29, 0.717) is 13.2 Å². The minimum atomic E-state index is 0.611. The van der Waals surface area contributed by atoms with Crippen LogP contribution in [0.3, 0.4) is 0 Å². The first kappa shape index (κ1) is 19.5. The molecule has 0 bridgehead atoms. The molecule has 0 amide bonds. The maximum atomic E-state index is 5.75. The monoisotopic (exact) mass is 401 g/mol. The number of nitrogens with zero attached hydrogens (tertiary/aromatic N) is 2. The van der Waals surface area contributed by atoms with Crippen molar-refractivity contribution in [1.29, 1.82) is 0 Å². The average Bonchev–Trinajstić information content (AvgIpc) is 3.14. The zero-order chi connectivity index (χ0) is 18.9. The van der Waals surface area contributed by atoms with Gasteiger partial charge in [0, 0.05) is 11.4 Å². The molecule has 3 aromatic rings. The van der Waals surface area contributed by atoms with Gasteiger partial charge < -0.3 is 14.8 Å². The van der Waals surface area contributed by atoms with E-state index >= 15 is 0 Å². The van der Waals surface area contributed by atoms with Gasteiger partial charge >= 0.3 is 0 Å². The summed E-state index contributed by atoms with van der Waals surface area (Å²) in [5, 5.41) is 12.5. The number of aromatic nitrogens is 2. The molecule has 0 unspecified atom stereocenters. The second-order valence-electron chi connectivity index (χ2n) is 5.65. The van der Waals surface area contributed by atoms with Crippen LogP contribution in [0.1, 0.15) is 19.4 Å². The summed E-state index contributed by atoms with van der Waals surface area (Å²) < 4.78 is 12.1. The zero-order valence-electron chi connectivity index (χ0n) is 15.5. The second-order valence-corrected chi connectivity index (χ2v) is 7.97. The van der Waals surface area contributed by atoms with Gasteiger partial charge in [-0.15, -0.1) is 10.2 Å². The third-order valence-electron chi connectivity index (χ3n) is 3.73. The van der Waals surface area contributed by atoms with Gasteiger partial charge in [-0.3, -0.25) is 0 Å². The third kappa shape index (κ3) is 6.15. The van der Waals surface area contributed by atoms with Gasteiger partial charge in [-0.25, -0.2) is 0 Å². The molecule has 7 heteroatoms. The van der Waals surface area contributed by atoms with Gasteiger partial charge in [-0.2, -0.15) is 0 Å². The van der Waals surface area contributed by atoms with Crippen molar-refractivity contribution >= 4 is 33.9 Å². The summed E-state index contributed by atoms with van der Waals surface area (Å²) >= 11 is 3.19. The quantitative estimate of drug-likeness (QED) is 0.362. The SMILES string of the molecule is CCOc1ccc(OCCSc2nnc(Nc3ccc(CC)cc3)s2)cc1. The lowest BCUT2D eigenvalue weighted by Gasteiger charge is -2.06. The highest BCUT2D eigenvalue weighted by molar-refractivity contribution is 8.01. The lowest BCUT2D eigenvalue weighted by atomic mass is 10.1. The van der Waals surface area contributed by atoms with Crippen LogP contribution < -0.4 is 14.8 Å². The fraction of sp³-hybridized carbons (Fsp3) is 0.300. The number of anilines is 2. The first-order valence-corrected chi connectivity index (χ1v) is 10.7. The molecule has 5 nitrogen and oxygen atoms in total. The van der Waals surface area contributed by atoms with Gasteiger partial charge in [-0.05, 0) is 55.3 Å². The van der Waals surface area contributed by atoms with Crippen LogP contribution in [0.2, 0.25) is 0 Å². The lowest BCUT2D eigenvalue weighted by molar-refractivity contribution is 0.332. The molecule has 0 saturated carbocycles. The van der Waals surface area contributed by atoms with E-state index in [1.54, 1.807) is 23.1 Å². The number of nitrogens with one attached hydrogen (secondary N) is 1. The first-order chi connectivity index (χ1) is 13.3. The van der Waals surface area contributed by atoms with E-state index in [9.17, 15) is 0 Å². The molecule has 27 heavy (non-hydrogen) atoms. The van der Waals surface area contributed by atoms with Crippen LogP contribution in [0, 0.1) is 0 Å². The van der Waals surface area contributed by atoms with Crippen LogP contribution in [0.5, 0.6) is 11.5 Å². The lowest BCUT2D eigenvalue weighted by Crippen LogP contribution is -2.00. The summed E-state index contributed by atoms with van der Waals surface area (Å²) in [4.78, 5) is 0. The predicted molar refractivity (Wildman–Crippen MR) is 113 cm³/mol. The molecule has 3 rings (SSSR count). The maximum absolute atomic E-state index is 5.75. The minimum Gasteiger partial charge on any atom is -0.494 e. The summed E-state index contributed by atoms with van der Waals surface area (Å²) in [5.74, 6) is 2.51. The molecular weight excluding hydrogens is 378 g/mol. The first-order valence-electron chi connectivity index (χ1n) is 8.94. The van der Waals surface area contributed by atoms with Crippen molar-refractivity contribution in [3.63, 3.8) is 0 Å².